The summed E-state index contributed by atoms with van der Waals surface area (Å²) in [5.41, 5.74) is 0.124. The molecule has 0 amide bonds. The van der Waals surface area contributed by atoms with E-state index in [2.05, 4.69) is 4.74 Å². The number of carbonyl (C=O) groups is 2. The molecule has 1 N–H and O–H groups in total. The summed E-state index contributed by atoms with van der Waals surface area (Å²) in [4.78, 5) is 22.3. The largest absolute Gasteiger partial charge is 0.507 e. The van der Waals surface area contributed by atoms with Crippen LogP contribution in [-0.2, 0) is 14.3 Å². The Morgan fingerprint density at radius 1 is 1.50 bits per heavy atom. The molecule has 0 spiro atoms. The summed E-state index contributed by atoms with van der Waals surface area (Å²) in [5.74, 6) is -3.22. The molecule has 18 heavy (non-hydrogen) atoms. The van der Waals surface area contributed by atoms with Crippen molar-refractivity contribution in [2.75, 3.05) is 6.61 Å². The fraction of sp³-hybridized carbons (Fsp3) is 0.167. The summed E-state index contributed by atoms with van der Waals surface area (Å²) < 4.78 is 17.3. The van der Waals surface area contributed by atoms with Crippen molar-refractivity contribution < 1.29 is 23.8 Å². The Balaban J connectivity index is 2.92. The normalized spacial score (nSPS) is 11.2. The zero-order chi connectivity index (χ0) is 13.7. The molecular formula is C12H10ClFO4. The number of ether oxygens (including phenoxy) is 1. The Bertz CT molecular complexity index is 511. The van der Waals surface area contributed by atoms with Gasteiger partial charge in [-0.3, -0.25) is 4.79 Å². The maximum Gasteiger partial charge on any atom is 0.379 e. The van der Waals surface area contributed by atoms with Crippen molar-refractivity contribution >= 4 is 29.1 Å². The van der Waals surface area contributed by atoms with E-state index in [0.29, 0.717) is 6.08 Å². The molecule has 0 heterocycles. The van der Waals surface area contributed by atoms with Crippen molar-refractivity contribution in [1.29, 1.82) is 0 Å². The van der Waals surface area contributed by atoms with Crippen molar-refractivity contribution in [3.05, 3.63) is 40.7 Å². The fourth-order valence-electron chi connectivity index (χ4n) is 1.12. The molecule has 4 nitrogen and oxygen atoms in total. The van der Waals surface area contributed by atoms with Gasteiger partial charge in [0.05, 0.1) is 11.6 Å². The minimum atomic E-state index is -1.07. The van der Waals surface area contributed by atoms with Gasteiger partial charge >= 0.3 is 5.97 Å². The van der Waals surface area contributed by atoms with E-state index in [9.17, 15) is 19.1 Å². The lowest BCUT2D eigenvalue weighted by atomic mass is 10.1. The van der Waals surface area contributed by atoms with Crippen LogP contribution in [0.5, 0.6) is 0 Å². The SMILES string of the molecule is CCOC(=O)C(=O)/C=C(/O)c1ccc(F)c(Cl)c1. The van der Waals surface area contributed by atoms with Crippen LogP contribution >= 0.6 is 11.6 Å². The Hall–Kier alpha value is -1.88. The second-order valence-electron chi connectivity index (χ2n) is 3.24. The molecule has 0 saturated heterocycles. The number of esters is 1. The first-order chi connectivity index (χ1) is 8.45. The first-order valence-electron chi connectivity index (χ1n) is 5.03. The van der Waals surface area contributed by atoms with E-state index in [1.807, 2.05) is 0 Å². The van der Waals surface area contributed by atoms with Crippen LogP contribution in [0.1, 0.15) is 12.5 Å². The molecule has 0 radical (unpaired) electrons. The van der Waals surface area contributed by atoms with Crippen LogP contribution in [0.15, 0.2) is 24.3 Å². The van der Waals surface area contributed by atoms with E-state index in [0.717, 1.165) is 12.1 Å². The van der Waals surface area contributed by atoms with E-state index in [-0.39, 0.29) is 17.2 Å². The zero-order valence-corrected chi connectivity index (χ0v) is 10.2. The van der Waals surface area contributed by atoms with Gasteiger partial charge in [-0.2, -0.15) is 0 Å². The number of aliphatic hydroxyl groups is 1. The molecule has 1 aromatic rings. The molecule has 0 aliphatic carbocycles. The number of aliphatic hydroxyl groups excluding tert-OH is 1. The summed E-state index contributed by atoms with van der Waals surface area (Å²) in [7, 11) is 0. The lowest BCUT2D eigenvalue weighted by molar-refractivity contribution is -0.151. The monoisotopic (exact) mass is 272 g/mol. The molecule has 0 saturated carbocycles. The summed E-state index contributed by atoms with van der Waals surface area (Å²) in [5, 5.41) is 9.38. The van der Waals surface area contributed by atoms with Gasteiger partial charge in [0.2, 0.25) is 0 Å². The Morgan fingerprint density at radius 3 is 2.72 bits per heavy atom. The highest BCUT2D eigenvalue weighted by Gasteiger charge is 2.14. The summed E-state index contributed by atoms with van der Waals surface area (Å²) in [6.07, 6.45) is 0.696. The number of halogens is 2. The molecule has 0 aliphatic rings. The third-order valence-electron chi connectivity index (χ3n) is 1.96. The fourth-order valence-corrected chi connectivity index (χ4v) is 1.30. The van der Waals surface area contributed by atoms with E-state index < -0.39 is 23.3 Å². The van der Waals surface area contributed by atoms with Crippen LogP contribution in [0.3, 0.4) is 0 Å². The molecule has 0 unspecified atom stereocenters. The molecule has 96 valence electrons. The molecule has 0 aliphatic heterocycles. The predicted molar refractivity (Wildman–Crippen MR) is 63.7 cm³/mol. The van der Waals surface area contributed by atoms with Crippen molar-refractivity contribution in [2.45, 2.75) is 6.92 Å². The molecule has 6 heteroatoms. The van der Waals surface area contributed by atoms with Crippen LogP contribution in [0.25, 0.3) is 5.76 Å². The number of ketones is 1. The maximum atomic E-state index is 12.9. The third kappa shape index (κ3) is 3.56. The van der Waals surface area contributed by atoms with Crippen molar-refractivity contribution in [3.63, 3.8) is 0 Å². The molecule has 0 bridgehead atoms. The highest BCUT2D eigenvalue weighted by molar-refractivity contribution is 6.39. The average molecular weight is 273 g/mol. The van der Waals surface area contributed by atoms with Crippen LogP contribution < -0.4 is 0 Å². The molecule has 0 atom stereocenters. The minimum Gasteiger partial charge on any atom is -0.507 e. The van der Waals surface area contributed by atoms with E-state index in [1.54, 1.807) is 6.92 Å². The summed E-state index contributed by atoms with van der Waals surface area (Å²) in [6, 6.07) is 3.41. The van der Waals surface area contributed by atoms with Gasteiger partial charge in [0.25, 0.3) is 5.78 Å². The summed E-state index contributed by atoms with van der Waals surface area (Å²) >= 11 is 5.52. The Kier molecular flexibility index (Phi) is 4.85. The zero-order valence-electron chi connectivity index (χ0n) is 9.44. The summed E-state index contributed by atoms with van der Waals surface area (Å²) in [6.45, 7) is 1.61. The highest BCUT2D eigenvalue weighted by atomic mass is 35.5. The van der Waals surface area contributed by atoms with Crippen molar-refractivity contribution in [2.24, 2.45) is 0 Å². The molecule has 1 aromatic carbocycles. The second-order valence-corrected chi connectivity index (χ2v) is 3.65. The van der Waals surface area contributed by atoms with Gasteiger partial charge in [0, 0.05) is 11.6 Å². The number of hydrogen-bond acceptors (Lipinski definition) is 4. The van der Waals surface area contributed by atoms with Crippen LogP contribution in [0.4, 0.5) is 4.39 Å². The van der Waals surface area contributed by atoms with Gasteiger partial charge in [0.1, 0.15) is 11.6 Å². The molecule has 0 aromatic heterocycles. The molecule has 0 fully saturated rings. The van der Waals surface area contributed by atoms with Crippen molar-refractivity contribution in [3.8, 4) is 0 Å². The minimum absolute atomic E-state index is 0.0571. The van der Waals surface area contributed by atoms with E-state index in [4.69, 9.17) is 11.6 Å². The van der Waals surface area contributed by atoms with Gasteiger partial charge in [-0.1, -0.05) is 11.6 Å². The first kappa shape index (κ1) is 14.2. The lowest BCUT2D eigenvalue weighted by Gasteiger charge is -2.02. The molecular weight excluding hydrogens is 263 g/mol. The van der Waals surface area contributed by atoms with Gasteiger partial charge in [0.15, 0.2) is 0 Å². The Morgan fingerprint density at radius 2 is 2.17 bits per heavy atom. The van der Waals surface area contributed by atoms with Crippen molar-refractivity contribution in [1.82, 2.24) is 0 Å². The van der Waals surface area contributed by atoms with Crippen LogP contribution in [0, 0.1) is 5.82 Å². The standard InChI is InChI=1S/C12H10ClFO4/c1-2-18-12(17)11(16)6-10(15)7-3-4-9(14)8(13)5-7/h3-6,15H,2H2,1H3/b10-6+. The number of rotatable bonds is 4. The highest BCUT2D eigenvalue weighted by Crippen LogP contribution is 2.20. The number of hydrogen-bond donors (Lipinski definition) is 1. The van der Waals surface area contributed by atoms with E-state index >= 15 is 0 Å². The lowest BCUT2D eigenvalue weighted by Crippen LogP contribution is -2.15. The third-order valence-corrected chi connectivity index (χ3v) is 2.25. The quantitative estimate of drug-likeness (QED) is 0.396. The smallest absolute Gasteiger partial charge is 0.379 e. The van der Waals surface area contributed by atoms with E-state index in [1.165, 1.54) is 6.07 Å². The molecule has 1 rings (SSSR count). The topological polar surface area (TPSA) is 63.6 Å². The van der Waals surface area contributed by atoms with Crippen LogP contribution in [0.2, 0.25) is 5.02 Å². The van der Waals surface area contributed by atoms with Gasteiger partial charge in [-0.15, -0.1) is 0 Å². The average Bonchev–Trinajstić information content (AvgIpc) is 2.32. The number of carbonyl (C=O) groups excluding carboxylic acids is 2. The van der Waals surface area contributed by atoms with Gasteiger partial charge in [-0.05, 0) is 25.1 Å². The first-order valence-corrected chi connectivity index (χ1v) is 5.40. The Labute approximate surface area is 108 Å². The maximum absolute atomic E-state index is 12.9. The van der Waals surface area contributed by atoms with Gasteiger partial charge in [-0.25, -0.2) is 9.18 Å². The predicted octanol–water partition coefficient (Wildman–Crippen LogP) is 2.51. The van der Waals surface area contributed by atoms with Gasteiger partial charge < -0.3 is 9.84 Å². The number of benzene rings is 1. The van der Waals surface area contributed by atoms with Crippen LogP contribution in [-0.4, -0.2) is 23.5 Å². The second kappa shape index (κ2) is 6.16.